The van der Waals surface area contributed by atoms with Gasteiger partial charge in [0.2, 0.25) is 5.91 Å². The van der Waals surface area contributed by atoms with E-state index in [1.165, 1.54) is 18.2 Å². The predicted molar refractivity (Wildman–Crippen MR) is 182 cm³/mol. The molecule has 2 amide bonds. The first-order valence-corrected chi connectivity index (χ1v) is 17.3. The molecule has 0 aliphatic rings. The number of anilines is 2. The highest BCUT2D eigenvalue weighted by molar-refractivity contribution is 6.90. The van der Waals surface area contributed by atoms with Crippen molar-refractivity contribution in [2.75, 3.05) is 24.7 Å². The van der Waals surface area contributed by atoms with Crippen molar-refractivity contribution in [2.24, 2.45) is 0 Å². The molecule has 0 spiro atoms. The van der Waals surface area contributed by atoms with Crippen molar-refractivity contribution >= 4 is 49.4 Å². The average molecular weight is 626 g/mol. The number of rotatable bonds is 9. The van der Waals surface area contributed by atoms with Gasteiger partial charge in [-0.3, -0.25) is 9.69 Å². The molecule has 1 heterocycles. The number of carbonyl (C=O) groups is 2. The fourth-order valence-electron chi connectivity index (χ4n) is 5.57. The van der Waals surface area contributed by atoms with E-state index in [1.807, 2.05) is 18.2 Å². The Labute approximate surface area is 263 Å². The molecule has 0 saturated carbocycles. The zero-order chi connectivity index (χ0) is 32.9. The van der Waals surface area contributed by atoms with Crippen molar-refractivity contribution in [2.45, 2.75) is 97.5 Å². The number of carbonyl (C=O) groups excluding carboxylic acids is 2. The van der Waals surface area contributed by atoms with Gasteiger partial charge in [-0.25, -0.2) is 9.78 Å². The summed E-state index contributed by atoms with van der Waals surface area (Å²) in [6, 6.07) is 6.44. The van der Waals surface area contributed by atoms with E-state index in [9.17, 15) is 9.59 Å². The van der Waals surface area contributed by atoms with Crippen molar-refractivity contribution in [1.29, 1.82) is 5.41 Å². The van der Waals surface area contributed by atoms with Gasteiger partial charge >= 0.3 is 6.09 Å². The third-order valence-corrected chi connectivity index (χ3v) is 14.6. The lowest BCUT2D eigenvalue weighted by Crippen LogP contribution is -2.45. The van der Waals surface area contributed by atoms with Gasteiger partial charge in [0, 0.05) is 37.0 Å². The first-order valence-electron chi connectivity index (χ1n) is 14.7. The van der Waals surface area contributed by atoms with Crippen LogP contribution in [0, 0.1) is 16.9 Å². The molecule has 0 radical (unpaired) electrons. The second kappa shape index (κ2) is 14.4. The summed E-state index contributed by atoms with van der Waals surface area (Å²) in [5.74, 6) is 3.17. The first-order chi connectivity index (χ1) is 19.9. The Bertz CT molecular complexity index is 1380. The van der Waals surface area contributed by atoms with Crippen LogP contribution >= 0.6 is 11.6 Å². The number of hydrogen-bond acceptors (Lipinski definition) is 6. The summed E-state index contributed by atoms with van der Waals surface area (Å²) in [5, 5.41) is 14.3. The van der Waals surface area contributed by atoms with Crippen molar-refractivity contribution in [3.63, 3.8) is 0 Å². The lowest BCUT2D eigenvalue weighted by Gasteiger charge is -2.38. The minimum absolute atomic E-state index is 0.256. The molecule has 2 aromatic rings. The van der Waals surface area contributed by atoms with Gasteiger partial charge in [0.05, 0.1) is 10.7 Å². The van der Waals surface area contributed by atoms with Crippen LogP contribution in [0.4, 0.5) is 16.3 Å². The Morgan fingerprint density at radius 1 is 1.07 bits per heavy atom. The monoisotopic (exact) mass is 625 g/mol. The molecule has 0 fully saturated rings. The number of likely N-dealkylation sites (N-methyl/N-ethyl adjacent to an activating group) is 1. The van der Waals surface area contributed by atoms with Crippen molar-refractivity contribution in [3.05, 3.63) is 40.5 Å². The molecule has 1 atom stereocenters. The van der Waals surface area contributed by atoms with E-state index in [0.717, 1.165) is 11.3 Å². The fourth-order valence-corrected chi connectivity index (χ4v) is 11.0. The number of amides is 2. The van der Waals surface area contributed by atoms with Crippen LogP contribution in [0.25, 0.3) is 11.1 Å². The van der Waals surface area contributed by atoms with Crippen LogP contribution in [0.2, 0.25) is 21.6 Å². The molecular formula is C33H48ClN5O3Si. The highest BCUT2D eigenvalue weighted by Crippen LogP contribution is 2.42. The predicted octanol–water partition coefficient (Wildman–Crippen LogP) is 8.20. The molecule has 1 aromatic carbocycles. The van der Waals surface area contributed by atoms with Crippen LogP contribution in [0.1, 0.15) is 80.5 Å². The molecule has 0 saturated heterocycles. The van der Waals surface area contributed by atoms with Crippen LogP contribution in [0.5, 0.6) is 0 Å². The zero-order valence-electron chi connectivity index (χ0n) is 27.7. The van der Waals surface area contributed by atoms with Gasteiger partial charge in [0.25, 0.3) is 0 Å². The number of hydrogen-bond donors (Lipinski definition) is 3. The SMILES string of the molecule is CNc1c(C=N)cccc1-c1cc(NC(=O)C(C)N(C)C(=O)OC(C)(C)C)nc(C#C[Si](C(C)C)(C(C)C)C(C)C)c1Cl. The molecule has 10 heteroatoms. The number of para-hydroxylation sites is 1. The summed E-state index contributed by atoms with van der Waals surface area (Å²) < 4.78 is 5.44. The van der Waals surface area contributed by atoms with Crippen LogP contribution in [-0.2, 0) is 9.53 Å². The summed E-state index contributed by atoms with van der Waals surface area (Å²) in [7, 11) is 1.18. The number of aromatic nitrogens is 1. The van der Waals surface area contributed by atoms with Crippen LogP contribution < -0.4 is 10.6 Å². The number of nitrogens with zero attached hydrogens (tertiary/aromatic N) is 2. The normalized spacial score (nSPS) is 12.5. The molecule has 8 nitrogen and oxygen atoms in total. The number of halogens is 1. The van der Waals surface area contributed by atoms with E-state index in [-0.39, 0.29) is 5.82 Å². The molecule has 0 bridgehead atoms. The minimum Gasteiger partial charge on any atom is -0.444 e. The standard InChI is InChI=1S/C33H48ClN5O3Si/c1-20(2)43(21(3)4,22(5)6)17-16-27-29(34)26(25-15-13-14-24(19-35)30(25)36-11)18-28(37-27)38-31(40)23(7)39(12)32(41)42-33(8,9)10/h13-15,18-23,35-36H,1-12H3,(H,37,38,40). The minimum atomic E-state index is -2.12. The van der Waals surface area contributed by atoms with Gasteiger partial charge < -0.3 is 20.8 Å². The maximum absolute atomic E-state index is 13.4. The third-order valence-electron chi connectivity index (χ3n) is 7.91. The second-order valence-electron chi connectivity index (χ2n) is 12.8. The summed E-state index contributed by atoms with van der Waals surface area (Å²) >= 11 is 7.04. The van der Waals surface area contributed by atoms with E-state index < -0.39 is 31.7 Å². The summed E-state index contributed by atoms with van der Waals surface area (Å²) in [4.78, 5) is 31.9. The molecule has 234 valence electrons. The maximum Gasteiger partial charge on any atom is 0.410 e. The Morgan fingerprint density at radius 3 is 2.14 bits per heavy atom. The van der Waals surface area contributed by atoms with Gasteiger partial charge in [0.1, 0.15) is 31.2 Å². The van der Waals surface area contributed by atoms with Gasteiger partial charge in [-0.05, 0) is 50.4 Å². The zero-order valence-corrected chi connectivity index (χ0v) is 29.4. The van der Waals surface area contributed by atoms with Crippen molar-refractivity contribution in [3.8, 4) is 22.6 Å². The largest absolute Gasteiger partial charge is 0.444 e. The van der Waals surface area contributed by atoms with Gasteiger partial charge in [-0.15, -0.1) is 5.54 Å². The topological polar surface area (TPSA) is 107 Å². The Hall–Kier alpha value is -3.35. The average Bonchev–Trinajstić information content (AvgIpc) is 2.91. The quantitative estimate of drug-likeness (QED) is 0.148. The van der Waals surface area contributed by atoms with Crippen molar-refractivity contribution < 1.29 is 14.3 Å². The lowest BCUT2D eigenvalue weighted by atomic mass is 10.00. The van der Waals surface area contributed by atoms with Gasteiger partial charge in [0.15, 0.2) is 0 Å². The number of benzene rings is 1. The molecule has 0 aliphatic carbocycles. The summed E-state index contributed by atoms with van der Waals surface area (Å²) in [6.45, 7) is 20.4. The lowest BCUT2D eigenvalue weighted by molar-refractivity contribution is -0.120. The third kappa shape index (κ3) is 8.18. The molecular weight excluding hydrogens is 578 g/mol. The Kier molecular flexibility index (Phi) is 12.0. The van der Waals surface area contributed by atoms with Crippen LogP contribution in [0.3, 0.4) is 0 Å². The first kappa shape index (κ1) is 35.8. The number of ether oxygens (including phenoxy) is 1. The number of pyridine rings is 1. The van der Waals surface area contributed by atoms with E-state index >= 15 is 0 Å². The molecule has 43 heavy (non-hydrogen) atoms. The van der Waals surface area contributed by atoms with E-state index in [1.54, 1.807) is 40.8 Å². The Morgan fingerprint density at radius 2 is 1.65 bits per heavy atom. The highest BCUT2D eigenvalue weighted by atomic mass is 35.5. The number of nitrogens with one attached hydrogen (secondary N) is 3. The summed E-state index contributed by atoms with van der Waals surface area (Å²) in [5.41, 5.74) is 7.34. The maximum atomic E-state index is 13.4. The van der Waals surface area contributed by atoms with Gasteiger partial charge in [-0.1, -0.05) is 77.3 Å². The van der Waals surface area contributed by atoms with Crippen LogP contribution in [0.15, 0.2) is 24.3 Å². The fraction of sp³-hybridized carbons (Fsp3) is 0.515. The highest BCUT2D eigenvalue weighted by Gasteiger charge is 2.41. The van der Waals surface area contributed by atoms with Crippen LogP contribution in [-0.4, -0.2) is 61.9 Å². The van der Waals surface area contributed by atoms with Gasteiger partial charge in [-0.2, -0.15) is 0 Å². The van der Waals surface area contributed by atoms with E-state index in [0.29, 0.717) is 38.5 Å². The summed E-state index contributed by atoms with van der Waals surface area (Å²) in [6.07, 6.45) is 0.668. The molecule has 3 N–H and O–H groups in total. The second-order valence-corrected chi connectivity index (χ2v) is 18.7. The Balaban J connectivity index is 2.75. The molecule has 1 unspecified atom stereocenters. The molecule has 0 aliphatic heterocycles. The molecule has 1 aromatic heterocycles. The van der Waals surface area contributed by atoms with E-state index in [4.69, 9.17) is 26.7 Å². The molecule has 2 rings (SSSR count). The van der Waals surface area contributed by atoms with Crippen molar-refractivity contribution in [1.82, 2.24) is 9.88 Å². The smallest absolute Gasteiger partial charge is 0.410 e. The van der Waals surface area contributed by atoms with E-state index in [2.05, 4.69) is 63.6 Å².